The first kappa shape index (κ1) is 15.0. The molecule has 0 spiro atoms. The molecule has 21 heavy (non-hydrogen) atoms. The van der Waals surface area contributed by atoms with Crippen molar-refractivity contribution in [3.8, 4) is 0 Å². The second-order valence-corrected chi connectivity index (χ2v) is 4.91. The minimum Gasteiger partial charge on any atom is -0.384 e. The van der Waals surface area contributed by atoms with E-state index in [1.165, 1.54) is 12.1 Å². The minimum atomic E-state index is -0.459. The zero-order chi connectivity index (χ0) is 15.4. The zero-order valence-corrected chi connectivity index (χ0v) is 12.1. The molecule has 2 rings (SSSR count). The van der Waals surface area contributed by atoms with Crippen molar-refractivity contribution in [1.82, 2.24) is 4.98 Å². The van der Waals surface area contributed by atoms with E-state index in [-0.39, 0.29) is 11.5 Å². The van der Waals surface area contributed by atoms with Gasteiger partial charge in [0.05, 0.1) is 5.69 Å². The lowest BCUT2D eigenvalue weighted by Crippen LogP contribution is -2.15. The predicted octanol–water partition coefficient (Wildman–Crippen LogP) is 3.32. The molecule has 0 aliphatic heterocycles. The van der Waals surface area contributed by atoms with Gasteiger partial charge < -0.3 is 11.1 Å². The summed E-state index contributed by atoms with van der Waals surface area (Å²) < 4.78 is 13.8. The molecule has 5 heteroatoms. The van der Waals surface area contributed by atoms with Gasteiger partial charge in [-0.1, -0.05) is 25.5 Å². The number of aryl methyl sites for hydroxylation is 2. The van der Waals surface area contributed by atoms with Gasteiger partial charge in [0.2, 0.25) is 0 Å². The number of halogens is 1. The molecule has 0 atom stereocenters. The SMILES string of the molecule is CCCc1cc(C(=O)Nc2c(C)cccc2F)cc(N)n1. The Bertz CT molecular complexity index is 650. The first-order chi connectivity index (χ1) is 10.0. The summed E-state index contributed by atoms with van der Waals surface area (Å²) in [4.78, 5) is 16.4. The average molecular weight is 287 g/mol. The van der Waals surface area contributed by atoms with Crippen LogP contribution in [-0.4, -0.2) is 10.9 Å². The van der Waals surface area contributed by atoms with Gasteiger partial charge in [0.1, 0.15) is 11.6 Å². The number of para-hydroxylation sites is 1. The molecule has 1 amide bonds. The number of nitrogens with zero attached hydrogens (tertiary/aromatic N) is 1. The van der Waals surface area contributed by atoms with E-state index >= 15 is 0 Å². The van der Waals surface area contributed by atoms with E-state index in [1.54, 1.807) is 25.1 Å². The van der Waals surface area contributed by atoms with Crippen LogP contribution < -0.4 is 11.1 Å². The van der Waals surface area contributed by atoms with Crippen molar-refractivity contribution in [3.05, 3.63) is 53.0 Å². The van der Waals surface area contributed by atoms with Crippen molar-refractivity contribution in [3.63, 3.8) is 0 Å². The highest BCUT2D eigenvalue weighted by Gasteiger charge is 2.13. The fraction of sp³-hybridized carbons (Fsp3) is 0.250. The Morgan fingerprint density at radius 3 is 2.81 bits per heavy atom. The number of hydrogen-bond donors (Lipinski definition) is 2. The van der Waals surface area contributed by atoms with Crippen molar-refractivity contribution in [2.24, 2.45) is 0 Å². The molecule has 0 aliphatic rings. The summed E-state index contributed by atoms with van der Waals surface area (Å²) in [5.41, 5.74) is 7.71. The second kappa shape index (κ2) is 6.35. The Morgan fingerprint density at radius 1 is 1.38 bits per heavy atom. The molecular formula is C16H18FN3O. The van der Waals surface area contributed by atoms with E-state index in [2.05, 4.69) is 10.3 Å². The molecule has 3 N–H and O–H groups in total. The summed E-state index contributed by atoms with van der Waals surface area (Å²) in [6.07, 6.45) is 1.65. The Balaban J connectivity index is 2.28. The van der Waals surface area contributed by atoms with Gasteiger partial charge in [-0.2, -0.15) is 0 Å². The summed E-state index contributed by atoms with van der Waals surface area (Å²) in [6.45, 7) is 3.76. The predicted molar refractivity (Wildman–Crippen MR) is 81.7 cm³/mol. The van der Waals surface area contributed by atoms with Crippen LogP contribution in [0.1, 0.15) is 35.0 Å². The Labute approximate surface area is 123 Å². The number of carbonyl (C=O) groups excluding carboxylic acids is 1. The maximum atomic E-state index is 13.8. The minimum absolute atomic E-state index is 0.190. The van der Waals surface area contributed by atoms with Gasteiger partial charge in [0, 0.05) is 11.3 Å². The fourth-order valence-corrected chi connectivity index (χ4v) is 2.10. The lowest BCUT2D eigenvalue weighted by Gasteiger charge is -2.10. The van der Waals surface area contributed by atoms with E-state index in [0.717, 1.165) is 18.5 Å². The molecule has 0 aliphatic carbocycles. The maximum absolute atomic E-state index is 13.8. The third-order valence-electron chi connectivity index (χ3n) is 3.13. The highest BCUT2D eigenvalue weighted by Crippen LogP contribution is 2.20. The van der Waals surface area contributed by atoms with Crippen LogP contribution in [0.2, 0.25) is 0 Å². The van der Waals surface area contributed by atoms with Crippen molar-refractivity contribution in [2.45, 2.75) is 26.7 Å². The first-order valence-corrected chi connectivity index (χ1v) is 6.84. The molecule has 0 saturated carbocycles. The smallest absolute Gasteiger partial charge is 0.255 e. The lowest BCUT2D eigenvalue weighted by molar-refractivity contribution is 0.102. The monoisotopic (exact) mass is 287 g/mol. The molecule has 110 valence electrons. The summed E-state index contributed by atoms with van der Waals surface area (Å²) in [7, 11) is 0. The Morgan fingerprint density at radius 2 is 2.14 bits per heavy atom. The topological polar surface area (TPSA) is 68.0 Å². The van der Waals surface area contributed by atoms with Crippen molar-refractivity contribution < 1.29 is 9.18 Å². The molecule has 0 unspecified atom stereocenters. The van der Waals surface area contributed by atoms with Gasteiger partial charge in [-0.15, -0.1) is 0 Å². The largest absolute Gasteiger partial charge is 0.384 e. The molecular weight excluding hydrogens is 269 g/mol. The number of hydrogen-bond acceptors (Lipinski definition) is 3. The number of rotatable bonds is 4. The zero-order valence-electron chi connectivity index (χ0n) is 12.1. The van der Waals surface area contributed by atoms with Crippen LogP contribution in [-0.2, 0) is 6.42 Å². The van der Waals surface area contributed by atoms with Crippen LogP contribution >= 0.6 is 0 Å². The number of nitrogens with two attached hydrogens (primary N) is 1. The summed E-state index contributed by atoms with van der Waals surface area (Å²) in [5, 5.41) is 2.59. The quantitative estimate of drug-likeness (QED) is 0.906. The number of amides is 1. The molecule has 2 aromatic rings. The molecule has 0 saturated heterocycles. The van der Waals surface area contributed by atoms with Crippen LogP contribution in [0.4, 0.5) is 15.9 Å². The number of carbonyl (C=O) groups is 1. The highest BCUT2D eigenvalue weighted by molar-refractivity contribution is 6.05. The second-order valence-electron chi connectivity index (χ2n) is 4.91. The normalized spacial score (nSPS) is 10.4. The van der Waals surface area contributed by atoms with Gasteiger partial charge in [-0.25, -0.2) is 9.37 Å². The molecule has 0 bridgehead atoms. The summed E-state index contributed by atoms with van der Waals surface area (Å²) >= 11 is 0. The van der Waals surface area contributed by atoms with E-state index < -0.39 is 11.7 Å². The van der Waals surface area contributed by atoms with Gasteiger partial charge in [0.15, 0.2) is 0 Å². The number of nitrogens with one attached hydrogen (secondary N) is 1. The Kier molecular flexibility index (Phi) is 4.52. The van der Waals surface area contributed by atoms with Crippen LogP contribution in [0.5, 0.6) is 0 Å². The standard InChI is InChI=1S/C16H18FN3O/c1-3-5-12-8-11(9-14(18)19-12)16(21)20-15-10(2)6-4-7-13(15)17/h4,6-9H,3,5H2,1-2H3,(H2,18,19)(H,20,21). The average Bonchev–Trinajstić information content (AvgIpc) is 2.42. The number of anilines is 2. The molecule has 0 fully saturated rings. The number of aromatic nitrogens is 1. The van der Waals surface area contributed by atoms with Crippen LogP contribution in [0.15, 0.2) is 30.3 Å². The molecule has 1 aromatic carbocycles. The third-order valence-corrected chi connectivity index (χ3v) is 3.13. The Hall–Kier alpha value is -2.43. The van der Waals surface area contributed by atoms with Gasteiger partial charge in [-0.3, -0.25) is 4.79 Å². The van der Waals surface area contributed by atoms with Crippen LogP contribution in [0.3, 0.4) is 0 Å². The number of pyridine rings is 1. The summed E-state index contributed by atoms with van der Waals surface area (Å²) in [6, 6.07) is 7.83. The third kappa shape index (κ3) is 3.56. The first-order valence-electron chi connectivity index (χ1n) is 6.84. The lowest BCUT2D eigenvalue weighted by atomic mass is 10.1. The van der Waals surface area contributed by atoms with E-state index in [4.69, 9.17) is 5.73 Å². The van der Waals surface area contributed by atoms with Crippen molar-refractivity contribution in [2.75, 3.05) is 11.1 Å². The van der Waals surface area contributed by atoms with E-state index in [1.807, 2.05) is 6.92 Å². The van der Waals surface area contributed by atoms with Gasteiger partial charge in [0.25, 0.3) is 5.91 Å². The fourth-order valence-electron chi connectivity index (χ4n) is 2.10. The van der Waals surface area contributed by atoms with E-state index in [0.29, 0.717) is 11.1 Å². The molecule has 4 nitrogen and oxygen atoms in total. The number of nitrogen functional groups attached to an aromatic ring is 1. The van der Waals surface area contributed by atoms with Gasteiger partial charge >= 0.3 is 0 Å². The van der Waals surface area contributed by atoms with Gasteiger partial charge in [-0.05, 0) is 37.1 Å². The van der Waals surface area contributed by atoms with Crippen LogP contribution in [0.25, 0.3) is 0 Å². The summed E-state index contributed by atoms with van der Waals surface area (Å²) in [5.74, 6) is -0.565. The molecule has 1 aromatic heterocycles. The molecule has 0 radical (unpaired) electrons. The van der Waals surface area contributed by atoms with Crippen molar-refractivity contribution in [1.29, 1.82) is 0 Å². The van der Waals surface area contributed by atoms with Crippen LogP contribution in [0, 0.1) is 12.7 Å². The van der Waals surface area contributed by atoms with E-state index in [9.17, 15) is 9.18 Å². The van der Waals surface area contributed by atoms with Crippen molar-refractivity contribution >= 4 is 17.4 Å². The number of benzene rings is 1. The maximum Gasteiger partial charge on any atom is 0.255 e. The highest BCUT2D eigenvalue weighted by atomic mass is 19.1. The molecule has 1 heterocycles.